The fourth-order valence-corrected chi connectivity index (χ4v) is 1.86. The molecular weight excluding hydrogens is 292 g/mol. The van der Waals surface area contributed by atoms with E-state index in [1.54, 1.807) is 30.3 Å². The van der Waals surface area contributed by atoms with Crippen LogP contribution in [-0.2, 0) is 0 Å². The first-order valence-corrected chi connectivity index (χ1v) is 6.44. The lowest BCUT2D eigenvalue weighted by Gasteiger charge is -2.06. The van der Waals surface area contributed by atoms with Crippen molar-refractivity contribution in [3.8, 4) is 11.5 Å². The third kappa shape index (κ3) is 3.73. The number of nitrogens with zero attached hydrogens (tertiary/aromatic N) is 1. The molecule has 0 aliphatic heterocycles. The third-order valence-electron chi connectivity index (χ3n) is 2.69. The number of carbonyl (C=O) groups is 1. The number of methoxy groups -OCH3 is 1. The maximum Gasteiger partial charge on any atom is 0.271 e. The molecule has 0 saturated carbocycles. The number of carbonyl (C=O) groups excluding carboxylic acids is 1. The molecule has 0 bridgehead atoms. The lowest BCUT2D eigenvalue weighted by molar-refractivity contribution is 0.0955. The number of hydrogen-bond acceptors (Lipinski definition) is 4. The van der Waals surface area contributed by atoms with Crippen LogP contribution in [0, 0.1) is 0 Å². The summed E-state index contributed by atoms with van der Waals surface area (Å²) in [5, 5.41) is 13.6. The minimum atomic E-state index is -0.316. The standard InChI is InChI=1S/C15H13ClN2O3/c1-21-13-8-10(7-12(16)14(13)19)9-17-18-15(20)11-5-3-2-4-6-11/h2-9,19H,1H3,(H,18,20)/b17-9-. The maximum atomic E-state index is 11.8. The van der Waals surface area contributed by atoms with Crippen LogP contribution in [0.4, 0.5) is 0 Å². The van der Waals surface area contributed by atoms with Crippen LogP contribution in [0.25, 0.3) is 0 Å². The zero-order valence-electron chi connectivity index (χ0n) is 11.2. The molecular formula is C15H13ClN2O3. The van der Waals surface area contributed by atoms with Gasteiger partial charge in [-0.1, -0.05) is 29.8 Å². The van der Waals surface area contributed by atoms with Gasteiger partial charge in [-0.15, -0.1) is 0 Å². The largest absolute Gasteiger partial charge is 0.503 e. The predicted octanol–water partition coefficient (Wildman–Crippen LogP) is 2.82. The van der Waals surface area contributed by atoms with Crippen molar-refractivity contribution < 1.29 is 14.6 Å². The molecule has 0 aliphatic rings. The summed E-state index contributed by atoms with van der Waals surface area (Å²) in [6.45, 7) is 0. The summed E-state index contributed by atoms with van der Waals surface area (Å²) in [6.07, 6.45) is 1.41. The van der Waals surface area contributed by atoms with Gasteiger partial charge in [-0.05, 0) is 29.8 Å². The van der Waals surface area contributed by atoms with Crippen LogP contribution in [-0.4, -0.2) is 24.3 Å². The van der Waals surface area contributed by atoms with E-state index < -0.39 is 0 Å². The van der Waals surface area contributed by atoms with Crippen molar-refractivity contribution in [3.05, 3.63) is 58.6 Å². The van der Waals surface area contributed by atoms with Gasteiger partial charge in [-0.25, -0.2) is 5.43 Å². The highest BCUT2D eigenvalue weighted by Gasteiger charge is 2.08. The summed E-state index contributed by atoms with van der Waals surface area (Å²) in [6, 6.07) is 11.8. The van der Waals surface area contributed by atoms with E-state index in [0.29, 0.717) is 11.1 Å². The first-order chi connectivity index (χ1) is 10.1. The highest BCUT2D eigenvalue weighted by atomic mass is 35.5. The third-order valence-corrected chi connectivity index (χ3v) is 2.97. The molecule has 6 heteroatoms. The van der Waals surface area contributed by atoms with Crippen LogP contribution in [0.1, 0.15) is 15.9 Å². The average molecular weight is 305 g/mol. The normalized spacial score (nSPS) is 10.6. The van der Waals surface area contributed by atoms with Crippen LogP contribution >= 0.6 is 11.6 Å². The Morgan fingerprint density at radius 1 is 1.33 bits per heavy atom. The molecule has 5 nitrogen and oxygen atoms in total. The van der Waals surface area contributed by atoms with E-state index in [9.17, 15) is 9.90 Å². The molecule has 1 amide bonds. The number of hydrogen-bond donors (Lipinski definition) is 2. The zero-order chi connectivity index (χ0) is 15.2. The second-order valence-corrected chi connectivity index (χ2v) is 4.53. The molecule has 0 fully saturated rings. The number of amides is 1. The molecule has 0 saturated heterocycles. The van der Waals surface area contributed by atoms with E-state index in [4.69, 9.17) is 16.3 Å². The first-order valence-electron chi connectivity index (χ1n) is 6.06. The smallest absolute Gasteiger partial charge is 0.271 e. The van der Waals surface area contributed by atoms with Crippen molar-refractivity contribution in [2.75, 3.05) is 7.11 Å². The molecule has 2 N–H and O–H groups in total. The van der Waals surface area contributed by atoms with Crippen molar-refractivity contribution in [1.29, 1.82) is 0 Å². The minimum Gasteiger partial charge on any atom is -0.503 e. The van der Waals surface area contributed by atoms with Crippen molar-refractivity contribution in [1.82, 2.24) is 5.43 Å². The summed E-state index contributed by atoms with van der Waals surface area (Å²) in [7, 11) is 1.42. The zero-order valence-corrected chi connectivity index (χ0v) is 12.0. The van der Waals surface area contributed by atoms with Crippen LogP contribution in [0.5, 0.6) is 11.5 Å². The van der Waals surface area contributed by atoms with Gasteiger partial charge in [0, 0.05) is 5.56 Å². The van der Waals surface area contributed by atoms with Crippen LogP contribution in [0.2, 0.25) is 5.02 Å². The molecule has 0 unspecified atom stereocenters. The van der Waals surface area contributed by atoms with Gasteiger partial charge >= 0.3 is 0 Å². The van der Waals surface area contributed by atoms with Gasteiger partial charge in [-0.2, -0.15) is 5.10 Å². The fraction of sp³-hybridized carbons (Fsp3) is 0.0667. The number of benzene rings is 2. The van der Waals surface area contributed by atoms with Crippen molar-refractivity contribution in [2.45, 2.75) is 0 Å². The monoisotopic (exact) mass is 304 g/mol. The molecule has 0 aliphatic carbocycles. The fourth-order valence-electron chi connectivity index (χ4n) is 1.64. The van der Waals surface area contributed by atoms with Crippen LogP contribution < -0.4 is 10.2 Å². The maximum absolute atomic E-state index is 11.8. The van der Waals surface area contributed by atoms with Crippen molar-refractivity contribution in [3.63, 3.8) is 0 Å². The second-order valence-electron chi connectivity index (χ2n) is 4.12. The Bertz CT molecular complexity index is 672. The molecule has 0 radical (unpaired) electrons. The number of nitrogens with one attached hydrogen (secondary N) is 1. The molecule has 21 heavy (non-hydrogen) atoms. The Balaban J connectivity index is 2.08. The number of phenolic OH excluding ortho intramolecular Hbond substituents is 1. The van der Waals surface area contributed by atoms with E-state index in [2.05, 4.69) is 10.5 Å². The van der Waals surface area contributed by atoms with E-state index >= 15 is 0 Å². The van der Waals surface area contributed by atoms with E-state index in [1.807, 2.05) is 6.07 Å². The quantitative estimate of drug-likeness (QED) is 0.674. The Morgan fingerprint density at radius 3 is 2.71 bits per heavy atom. The van der Waals surface area contributed by atoms with Gasteiger partial charge in [0.1, 0.15) is 0 Å². The van der Waals surface area contributed by atoms with Crippen molar-refractivity contribution in [2.24, 2.45) is 5.10 Å². The van der Waals surface area contributed by atoms with Crippen molar-refractivity contribution >= 4 is 23.7 Å². The summed E-state index contributed by atoms with van der Waals surface area (Å²) in [5.41, 5.74) is 3.50. The van der Waals surface area contributed by atoms with E-state index in [-0.39, 0.29) is 22.4 Å². The number of rotatable bonds is 4. The minimum absolute atomic E-state index is 0.135. The lowest BCUT2D eigenvalue weighted by atomic mass is 10.2. The van der Waals surface area contributed by atoms with Gasteiger partial charge in [0.05, 0.1) is 18.3 Å². The van der Waals surface area contributed by atoms with Crippen LogP contribution in [0.15, 0.2) is 47.6 Å². The molecule has 2 aromatic carbocycles. The molecule has 0 aromatic heterocycles. The average Bonchev–Trinajstić information content (AvgIpc) is 2.51. The van der Waals surface area contributed by atoms with Gasteiger partial charge in [0.25, 0.3) is 5.91 Å². The number of aromatic hydroxyl groups is 1. The number of hydrazone groups is 1. The molecule has 0 heterocycles. The summed E-state index contributed by atoms with van der Waals surface area (Å²) >= 11 is 5.86. The Kier molecular flexibility index (Phi) is 4.79. The summed E-state index contributed by atoms with van der Waals surface area (Å²) in [4.78, 5) is 11.8. The highest BCUT2D eigenvalue weighted by Crippen LogP contribution is 2.34. The van der Waals surface area contributed by atoms with E-state index in [1.165, 1.54) is 19.4 Å². The Morgan fingerprint density at radius 2 is 2.05 bits per heavy atom. The first kappa shape index (κ1) is 14.9. The molecule has 2 aromatic rings. The topological polar surface area (TPSA) is 70.9 Å². The molecule has 0 atom stereocenters. The second kappa shape index (κ2) is 6.76. The number of phenols is 1. The van der Waals surface area contributed by atoms with Gasteiger partial charge < -0.3 is 9.84 Å². The molecule has 108 valence electrons. The Hall–Kier alpha value is -2.53. The lowest BCUT2D eigenvalue weighted by Crippen LogP contribution is -2.17. The molecule has 2 rings (SSSR count). The molecule has 0 spiro atoms. The predicted molar refractivity (Wildman–Crippen MR) is 81.2 cm³/mol. The van der Waals surface area contributed by atoms with Crippen LogP contribution in [0.3, 0.4) is 0 Å². The SMILES string of the molecule is COc1cc(/C=N\NC(=O)c2ccccc2)cc(Cl)c1O. The van der Waals surface area contributed by atoms with Gasteiger partial charge in [-0.3, -0.25) is 4.79 Å². The highest BCUT2D eigenvalue weighted by molar-refractivity contribution is 6.32. The van der Waals surface area contributed by atoms with Gasteiger partial charge in [0.15, 0.2) is 11.5 Å². The summed E-state index contributed by atoms with van der Waals surface area (Å²) in [5.74, 6) is -0.216. The Labute approximate surface area is 126 Å². The number of ether oxygens (including phenoxy) is 1. The summed E-state index contributed by atoms with van der Waals surface area (Å²) < 4.78 is 4.98. The number of halogens is 1. The van der Waals surface area contributed by atoms with Gasteiger partial charge in [0.2, 0.25) is 0 Å². The van der Waals surface area contributed by atoms with E-state index in [0.717, 1.165) is 0 Å².